The maximum atomic E-state index is 13.5. The Kier molecular flexibility index (Phi) is 8.88. The molecule has 3 aliphatic rings. The summed E-state index contributed by atoms with van der Waals surface area (Å²) in [6, 6.07) is 8.37. The average Bonchev–Trinajstić information content (AvgIpc) is 3.74. The second kappa shape index (κ2) is 12.3. The number of allylic oxidation sites excluding steroid dienone is 2. The average molecular weight is 590 g/mol. The summed E-state index contributed by atoms with van der Waals surface area (Å²) >= 11 is 0. The first-order valence-electron chi connectivity index (χ1n) is 14.7. The van der Waals surface area contributed by atoms with Gasteiger partial charge in [-0.3, -0.25) is 4.90 Å². The van der Waals surface area contributed by atoms with Crippen molar-refractivity contribution < 1.29 is 26.3 Å². The van der Waals surface area contributed by atoms with Crippen LogP contribution in [0.2, 0.25) is 0 Å². The zero-order valence-corrected chi connectivity index (χ0v) is 24.0. The van der Waals surface area contributed by atoms with E-state index >= 15 is 0 Å². The number of aryl methyl sites for hydroxylation is 1. The lowest BCUT2D eigenvalue weighted by atomic mass is 9.83. The van der Waals surface area contributed by atoms with Crippen LogP contribution in [-0.2, 0) is 12.4 Å². The molecule has 1 saturated carbocycles. The molecular formula is C33H37F6N3. The van der Waals surface area contributed by atoms with Crippen LogP contribution in [0.4, 0.5) is 26.3 Å². The Morgan fingerprint density at radius 2 is 1.57 bits per heavy atom. The maximum absolute atomic E-state index is 13.5. The van der Waals surface area contributed by atoms with E-state index in [1.807, 2.05) is 25.3 Å². The number of benzene rings is 2. The monoisotopic (exact) mass is 589 g/mol. The molecule has 0 radical (unpaired) electrons. The summed E-state index contributed by atoms with van der Waals surface area (Å²) in [5, 5.41) is 0. The molecule has 2 aromatic rings. The lowest BCUT2D eigenvalue weighted by molar-refractivity contribution is -0.143. The van der Waals surface area contributed by atoms with Crippen LogP contribution < -0.4 is 0 Å². The Balaban J connectivity index is 1.29. The zero-order valence-electron chi connectivity index (χ0n) is 24.0. The third-order valence-electron chi connectivity index (χ3n) is 8.75. The molecule has 0 amide bonds. The van der Waals surface area contributed by atoms with Crippen molar-refractivity contribution in [2.24, 2.45) is 4.99 Å². The quantitative estimate of drug-likeness (QED) is 0.174. The molecule has 2 saturated heterocycles. The van der Waals surface area contributed by atoms with E-state index in [9.17, 15) is 26.3 Å². The highest BCUT2D eigenvalue weighted by molar-refractivity contribution is 5.62. The van der Waals surface area contributed by atoms with Gasteiger partial charge in [-0.2, -0.15) is 26.3 Å². The van der Waals surface area contributed by atoms with Crippen LogP contribution in [0.3, 0.4) is 0 Å². The number of aliphatic imine (C=N–C) groups is 1. The van der Waals surface area contributed by atoms with E-state index in [1.165, 1.54) is 29.5 Å². The Morgan fingerprint density at radius 3 is 2.17 bits per heavy atom. The van der Waals surface area contributed by atoms with Crippen molar-refractivity contribution in [2.45, 2.75) is 76.2 Å². The van der Waals surface area contributed by atoms with Crippen molar-refractivity contribution in [1.82, 2.24) is 9.80 Å². The predicted octanol–water partition coefficient (Wildman–Crippen LogP) is 8.81. The Labute approximate surface area is 243 Å². The van der Waals surface area contributed by atoms with Crippen molar-refractivity contribution in [3.63, 3.8) is 0 Å². The minimum absolute atomic E-state index is 0.0821. The minimum atomic E-state index is -4.85. The first kappa shape index (κ1) is 30.4. The van der Waals surface area contributed by atoms with Gasteiger partial charge in [0.05, 0.1) is 11.1 Å². The fourth-order valence-corrected chi connectivity index (χ4v) is 5.87. The minimum Gasteiger partial charge on any atom is -0.357 e. The highest BCUT2D eigenvalue weighted by Crippen LogP contribution is 2.42. The molecule has 42 heavy (non-hydrogen) atoms. The first-order chi connectivity index (χ1) is 19.9. The van der Waals surface area contributed by atoms with Crippen LogP contribution in [0.25, 0.3) is 6.08 Å². The van der Waals surface area contributed by atoms with Crippen LogP contribution in [-0.4, -0.2) is 48.2 Å². The summed E-state index contributed by atoms with van der Waals surface area (Å²) in [6.07, 6.45) is 3.05. The van der Waals surface area contributed by atoms with Crippen LogP contribution in [0.1, 0.15) is 84.2 Å². The van der Waals surface area contributed by atoms with Crippen molar-refractivity contribution >= 4 is 12.3 Å². The molecule has 9 heteroatoms. The third kappa shape index (κ3) is 7.28. The number of likely N-dealkylation sites (tertiary alicyclic amines) is 2. The van der Waals surface area contributed by atoms with Gasteiger partial charge in [0, 0.05) is 31.9 Å². The number of nitrogens with zero attached hydrogens (tertiary/aromatic N) is 3. The maximum Gasteiger partial charge on any atom is 0.416 e. The summed E-state index contributed by atoms with van der Waals surface area (Å²) in [5.41, 5.74) is 1.36. The van der Waals surface area contributed by atoms with Crippen LogP contribution >= 0.6 is 0 Å². The topological polar surface area (TPSA) is 18.8 Å². The standard InChI is InChI=1S/C33H37F6N3/c1-22-9-10-26(24-11-12-24)18-25(22)6-3-8-31(42-15-5-16-42)40-13-17-41-14-4-7-30(23(41)2)27-19-28(32(34,35)36)21-29(20-27)33(37,38)39/h3,6,8-10,13,18-21,23-24,30H,4-5,7,11-12,14-17H2,1-2H3/b6-3+,31-8+,40-13+. The summed E-state index contributed by atoms with van der Waals surface area (Å²) in [5.74, 6) is 1.09. The molecule has 2 heterocycles. The van der Waals surface area contributed by atoms with Gasteiger partial charge in [-0.25, -0.2) is 4.99 Å². The first-order valence-corrected chi connectivity index (χ1v) is 14.7. The van der Waals surface area contributed by atoms with Gasteiger partial charge < -0.3 is 4.90 Å². The predicted molar refractivity (Wildman–Crippen MR) is 154 cm³/mol. The molecule has 0 spiro atoms. The van der Waals surface area contributed by atoms with Crippen LogP contribution in [0, 0.1) is 6.92 Å². The van der Waals surface area contributed by atoms with Gasteiger partial charge in [-0.05, 0) is 111 Å². The van der Waals surface area contributed by atoms with Gasteiger partial charge in [0.15, 0.2) is 0 Å². The van der Waals surface area contributed by atoms with Gasteiger partial charge in [0.1, 0.15) is 5.82 Å². The van der Waals surface area contributed by atoms with Gasteiger partial charge in [0.2, 0.25) is 0 Å². The smallest absolute Gasteiger partial charge is 0.357 e. The second-order valence-corrected chi connectivity index (χ2v) is 11.8. The highest BCUT2D eigenvalue weighted by atomic mass is 19.4. The molecule has 2 aliphatic heterocycles. The second-order valence-electron chi connectivity index (χ2n) is 11.8. The van der Waals surface area contributed by atoms with E-state index in [1.54, 1.807) is 0 Å². The molecule has 2 atom stereocenters. The molecule has 0 bridgehead atoms. The molecule has 3 fully saturated rings. The van der Waals surface area contributed by atoms with Gasteiger partial charge in [-0.1, -0.05) is 30.4 Å². The molecule has 226 valence electrons. The number of hydrogen-bond acceptors (Lipinski definition) is 3. The lowest BCUT2D eigenvalue weighted by Gasteiger charge is -2.39. The van der Waals surface area contributed by atoms with E-state index in [0.29, 0.717) is 31.8 Å². The van der Waals surface area contributed by atoms with Crippen molar-refractivity contribution in [3.05, 3.63) is 87.8 Å². The zero-order chi connectivity index (χ0) is 30.1. The molecule has 1 aliphatic carbocycles. The number of rotatable bonds is 8. The third-order valence-corrected chi connectivity index (χ3v) is 8.75. The SMILES string of the molecule is Cc1ccc(C2CC2)cc1/C=C/C=C(\N=C\CN1CCCC(c2cc(C(F)(F)F)cc(C(F)(F)F)c2)C1C)N1CCC1. The van der Waals surface area contributed by atoms with E-state index in [2.05, 4.69) is 41.0 Å². The van der Waals surface area contributed by atoms with Crippen molar-refractivity contribution in [3.8, 4) is 0 Å². The number of alkyl halides is 6. The summed E-state index contributed by atoms with van der Waals surface area (Å²) in [6.45, 7) is 6.98. The van der Waals surface area contributed by atoms with Gasteiger partial charge >= 0.3 is 12.4 Å². The van der Waals surface area contributed by atoms with E-state index in [0.717, 1.165) is 37.5 Å². The molecule has 5 rings (SSSR count). The molecular weight excluding hydrogens is 552 g/mol. The Hall–Kier alpha value is -3.07. The summed E-state index contributed by atoms with van der Waals surface area (Å²) < 4.78 is 80.8. The summed E-state index contributed by atoms with van der Waals surface area (Å²) in [4.78, 5) is 9.02. The number of hydrogen-bond donors (Lipinski definition) is 0. The van der Waals surface area contributed by atoms with Crippen molar-refractivity contribution in [1.29, 1.82) is 0 Å². The van der Waals surface area contributed by atoms with Crippen LogP contribution in [0.5, 0.6) is 0 Å². The van der Waals surface area contributed by atoms with Gasteiger partial charge in [-0.15, -0.1) is 0 Å². The lowest BCUT2D eigenvalue weighted by Crippen LogP contribution is -2.43. The van der Waals surface area contributed by atoms with Gasteiger partial charge in [0.25, 0.3) is 0 Å². The highest BCUT2D eigenvalue weighted by Gasteiger charge is 2.39. The summed E-state index contributed by atoms with van der Waals surface area (Å²) in [7, 11) is 0. The van der Waals surface area contributed by atoms with Crippen molar-refractivity contribution in [2.75, 3.05) is 26.2 Å². The Morgan fingerprint density at radius 1 is 0.881 bits per heavy atom. The molecule has 2 unspecified atom stereocenters. The van der Waals surface area contributed by atoms with Crippen LogP contribution in [0.15, 0.2) is 59.4 Å². The normalized spacial score (nSPS) is 22.8. The van der Waals surface area contributed by atoms with E-state index in [-0.39, 0.29) is 17.7 Å². The van der Waals surface area contributed by atoms with E-state index in [4.69, 9.17) is 4.99 Å². The van der Waals surface area contributed by atoms with E-state index < -0.39 is 29.4 Å². The molecule has 0 N–H and O–H groups in total. The molecule has 3 nitrogen and oxygen atoms in total. The fraction of sp³-hybridized carbons (Fsp3) is 0.485. The largest absolute Gasteiger partial charge is 0.416 e. The molecule has 2 aromatic carbocycles. The fourth-order valence-electron chi connectivity index (χ4n) is 5.87. The number of halogens is 6. The molecule has 0 aromatic heterocycles. The number of piperidine rings is 1. The Bertz CT molecular complexity index is 1320.